The highest BCUT2D eigenvalue weighted by molar-refractivity contribution is 6.83. The minimum absolute atomic E-state index is 0.0116. The summed E-state index contributed by atoms with van der Waals surface area (Å²) in [5.41, 5.74) is 3.36. The smallest absolute Gasteiger partial charge is 0.471 e. The summed E-state index contributed by atoms with van der Waals surface area (Å²) in [6, 6.07) is 4.42. The molecule has 1 aromatic carbocycles. The number of carbonyl (C=O) groups excluding carboxylic acids is 1. The van der Waals surface area contributed by atoms with E-state index in [1.165, 1.54) is 19.2 Å². The Morgan fingerprint density at radius 1 is 1.29 bits per heavy atom. The minimum Gasteiger partial charge on any atom is -0.497 e. The maximum Gasteiger partial charge on any atom is 0.471 e. The van der Waals surface area contributed by atoms with Crippen LogP contribution in [-0.2, 0) is 4.79 Å². The molecule has 0 spiro atoms. The fourth-order valence-corrected chi connectivity index (χ4v) is 1.82. The van der Waals surface area contributed by atoms with Gasteiger partial charge in [0.25, 0.3) is 0 Å². The summed E-state index contributed by atoms with van der Waals surface area (Å²) in [5, 5.41) is 1.83. The van der Waals surface area contributed by atoms with Crippen molar-refractivity contribution in [2.75, 3.05) is 12.4 Å². The zero-order valence-corrected chi connectivity index (χ0v) is 13.2. The molecular weight excluding hydrogens is 299 g/mol. The first-order chi connectivity index (χ1) is 9.53. The van der Waals surface area contributed by atoms with E-state index in [4.69, 9.17) is 4.74 Å². The van der Waals surface area contributed by atoms with Crippen LogP contribution in [0.5, 0.6) is 5.75 Å². The van der Waals surface area contributed by atoms with Gasteiger partial charge in [0, 0.05) is 11.6 Å². The molecule has 0 fully saturated rings. The van der Waals surface area contributed by atoms with Gasteiger partial charge in [0.2, 0.25) is 0 Å². The number of halogens is 3. The lowest BCUT2D eigenvalue weighted by Crippen LogP contribution is -2.30. The lowest BCUT2D eigenvalue weighted by Gasteiger charge is -2.11. The zero-order chi connectivity index (χ0) is 16.3. The molecule has 0 aliphatic heterocycles. The summed E-state index contributed by atoms with van der Waals surface area (Å²) in [4.78, 5) is 11.1. The van der Waals surface area contributed by atoms with Gasteiger partial charge in [-0.25, -0.2) is 0 Å². The van der Waals surface area contributed by atoms with Crippen molar-refractivity contribution in [3.8, 4) is 17.2 Å². The van der Waals surface area contributed by atoms with Crippen molar-refractivity contribution in [2.45, 2.75) is 25.8 Å². The van der Waals surface area contributed by atoms with Crippen molar-refractivity contribution in [1.82, 2.24) is 0 Å². The fourth-order valence-electron chi connectivity index (χ4n) is 1.31. The number of carbonyl (C=O) groups is 1. The molecule has 1 amide bonds. The van der Waals surface area contributed by atoms with E-state index in [-0.39, 0.29) is 5.69 Å². The molecule has 0 unspecified atom stereocenters. The maximum absolute atomic E-state index is 12.4. The Labute approximate surface area is 122 Å². The lowest BCUT2D eigenvalue weighted by molar-refractivity contribution is -0.167. The SMILES string of the molecule is COc1ccc(C#C[Si](C)(C)C)c(NC(=O)C(F)(F)F)c1. The Morgan fingerprint density at radius 3 is 2.38 bits per heavy atom. The Balaban J connectivity index is 3.20. The number of amides is 1. The second-order valence-electron chi connectivity index (χ2n) is 5.36. The van der Waals surface area contributed by atoms with E-state index in [2.05, 4.69) is 11.5 Å². The third-order valence-electron chi connectivity index (χ3n) is 2.30. The number of alkyl halides is 3. The first kappa shape index (κ1) is 17.1. The van der Waals surface area contributed by atoms with Crippen LogP contribution in [0.25, 0.3) is 0 Å². The first-order valence-electron chi connectivity index (χ1n) is 6.12. The molecule has 0 saturated heterocycles. The van der Waals surface area contributed by atoms with Gasteiger partial charge in [-0.2, -0.15) is 13.2 Å². The second-order valence-corrected chi connectivity index (χ2v) is 10.1. The Hall–Kier alpha value is -1.94. The summed E-state index contributed by atoms with van der Waals surface area (Å²) in [6.45, 7) is 6.03. The summed E-state index contributed by atoms with van der Waals surface area (Å²) in [7, 11) is -0.302. The van der Waals surface area contributed by atoms with Crippen LogP contribution >= 0.6 is 0 Å². The van der Waals surface area contributed by atoms with E-state index in [0.29, 0.717) is 11.3 Å². The first-order valence-corrected chi connectivity index (χ1v) is 9.62. The number of nitrogens with one attached hydrogen (secondary N) is 1. The maximum atomic E-state index is 12.4. The molecule has 1 aromatic rings. The van der Waals surface area contributed by atoms with Gasteiger partial charge >= 0.3 is 12.1 Å². The molecule has 114 valence electrons. The molecule has 0 atom stereocenters. The number of ether oxygens (including phenoxy) is 1. The highest BCUT2D eigenvalue weighted by atomic mass is 28.3. The average molecular weight is 315 g/mol. The van der Waals surface area contributed by atoms with Crippen molar-refractivity contribution in [3.05, 3.63) is 23.8 Å². The predicted molar refractivity (Wildman–Crippen MR) is 77.9 cm³/mol. The van der Waals surface area contributed by atoms with Crippen molar-refractivity contribution in [1.29, 1.82) is 0 Å². The number of hydrogen-bond donors (Lipinski definition) is 1. The molecule has 21 heavy (non-hydrogen) atoms. The number of hydrogen-bond acceptors (Lipinski definition) is 2. The number of benzene rings is 1. The average Bonchev–Trinajstić information content (AvgIpc) is 2.34. The van der Waals surface area contributed by atoms with Crippen LogP contribution in [0, 0.1) is 11.5 Å². The highest BCUT2D eigenvalue weighted by Gasteiger charge is 2.39. The van der Waals surface area contributed by atoms with Gasteiger partial charge < -0.3 is 10.1 Å². The van der Waals surface area contributed by atoms with Crippen molar-refractivity contribution < 1.29 is 22.7 Å². The number of anilines is 1. The molecule has 0 aliphatic rings. The molecule has 7 heteroatoms. The van der Waals surface area contributed by atoms with Crippen LogP contribution in [0.1, 0.15) is 5.56 Å². The Bertz CT molecular complexity index is 595. The van der Waals surface area contributed by atoms with E-state index in [9.17, 15) is 18.0 Å². The topological polar surface area (TPSA) is 38.3 Å². The third-order valence-corrected chi connectivity index (χ3v) is 3.18. The summed E-state index contributed by atoms with van der Waals surface area (Å²) in [6.07, 6.45) is -4.95. The van der Waals surface area contributed by atoms with Crippen LogP contribution in [-0.4, -0.2) is 27.3 Å². The van der Waals surface area contributed by atoms with E-state index >= 15 is 0 Å². The molecule has 0 aliphatic carbocycles. The van der Waals surface area contributed by atoms with Gasteiger partial charge in [0.15, 0.2) is 0 Å². The summed E-state index contributed by atoms with van der Waals surface area (Å²) in [5.74, 6) is 1.14. The molecule has 0 bridgehead atoms. The number of rotatable bonds is 2. The van der Waals surface area contributed by atoms with Crippen molar-refractivity contribution in [2.24, 2.45) is 0 Å². The molecular formula is C14H16F3NO2Si. The molecule has 1 N–H and O–H groups in total. The standard InChI is InChI=1S/C14H16F3NO2Si/c1-20-11-6-5-10(7-8-21(2,3)4)12(9-11)18-13(19)14(15,16)17/h5-6,9H,1-4H3,(H,18,19). The van der Waals surface area contributed by atoms with Crippen molar-refractivity contribution in [3.63, 3.8) is 0 Å². The van der Waals surface area contributed by atoms with E-state index in [0.717, 1.165) is 0 Å². The molecule has 3 nitrogen and oxygen atoms in total. The minimum atomic E-state index is -4.95. The third kappa shape index (κ3) is 5.51. The zero-order valence-electron chi connectivity index (χ0n) is 12.2. The summed E-state index contributed by atoms with van der Waals surface area (Å²) >= 11 is 0. The quantitative estimate of drug-likeness (QED) is 0.671. The second kappa shape index (κ2) is 6.22. The van der Waals surface area contributed by atoms with Crippen LogP contribution < -0.4 is 10.1 Å². The molecule has 0 saturated carbocycles. The Morgan fingerprint density at radius 2 is 1.90 bits per heavy atom. The fraction of sp³-hybridized carbons (Fsp3) is 0.357. The van der Waals surface area contributed by atoms with Crippen LogP contribution in [0.4, 0.5) is 18.9 Å². The summed E-state index contributed by atoms with van der Waals surface area (Å²) < 4.78 is 42.0. The monoisotopic (exact) mass is 315 g/mol. The van der Waals surface area contributed by atoms with Gasteiger partial charge in [0.05, 0.1) is 12.8 Å². The van der Waals surface area contributed by atoms with E-state index in [1.807, 2.05) is 25.0 Å². The largest absolute Gasteiger partial charge is 0.497 e. The molecule has 0 aromatic heterocycles. The highest BCUT2D eigenvalue weighted by Crippen LogP contribution is 2.25. The van der Waals surface area contributed by atoms with Gasteiger partial charge in [-0.15, -0.1) is 5.54 Å². The van der Waals surface area contributed by atoms with Crippen molar-refractivity contribution >= 4 is 19.7 Å². The number of methoxy groups -OCH3 is 1. The van der Waals surface area contributed by atoms with Gasteiger partial charge in [-0.3, -0.25) is 4.79 Å². The van der Waals surface area contributed by atoms with E-state index in [1.54, 1.807) is 6.07 Å². The van der Waals surface area contributed by atoms with Crippen LogP contribution in [0.2, 0.25) is 19.6 Å². The van der Waals surface area contributed by atoms with Crippen LogP contribution in [0.3, 0.4) is 0 Å². The van der Waals surface area contributed by atoms with Gasteiger partial charge in [-0.1, -0.05) is 25.6 Å². The van der Waals surface area contributed by atoms with Gasteiger partial charge in [-0.05, 0) is 12.1 Å². The van der Waals surface area contributed by atoms with Gasteiger partial charge in [0.1, 0.15) is 13.8 Å². The normalized spacial score (nSPS) is 11.4. The molecule has 0 heterocycles. The Kier molecular flexibility index (Phi) is 5.07. The van der Waals surface area contributed by atoms with E-state index < -0.39 is 20.2 Å². The van der Waals surface area contributed by atoms with Crippen LogP contribution in [0.15, 0.2) is 18.2 Å². The lowest BCUT2D eigenvalue weighted by atomic mass is 10.1. The predicted octanol–water partition coefficient (Wildman–Crippen LogP) is 3.42. The molecule has 0 radical (unpaired) electrons. The molecule has 1 rings (SSSR count).